The minimum atomic E-state index is -0.234. The molecular formula is C39H38N4O3. The molecule has 0 saturated carbocycles. The van der Waals surface area contributed by atoms with Gasteiger partial charge < -0.3 is 25.2 Å². The molecule has 5 aromatic rings. The second-order valence-electron chi connectivity index (χ2n) is 11.4. The Labute approximate surface area is 270 Å². The summed E-state index contributed by atoms with van der Waals surface area (Å²) in [5.74, 6) is 0.421. The van der Waals surface area contributed by atoms with Crippen LogP contribution in [0.25, 0.3) is 11.1 Å². The first kappa shape index (κ1) is 30.5. The van der Waals surface area contributed by atoms with Gasteiger partial charge in [-0.3, -0.25) is 9.59 Å². The minimum Gasteiger partial charge on any atom is -0.495 e. The molecular weight excluding hydrogens is 572 g/mol. The van der Waals surface area contributed by atoms with E-state index in [2.05, 4.69) is 26.5 Å². The molecule has 1 aliphatic heterocycles. The van der Waals surface area contributed by atoms with E-state index in [1.165, 1.54) is 0 Å². The summed E-state index contributed by atoms with van der Waals surface area (Å²) in [6.07, 6.45) is 0. The Morgan fingerprint density at radius 1 is 0.652 bits per heavy atom. The standard InChI is InChI=1S/C39H38N4O3/c1-28(29-11-5-3-6-12-29)40-39(45)34-27-33(41-38(44)32-19-17-31(18-20-32)30-13-7-4-8-14-30)21-22-35(34)42-23-25-43(26-24-42)36-15-9-10-16-37(36)46-2/h3-22,27-28H,23-26H2,1-2H3,(H,40,45)(H,41,44). The van der Waals surface area contributed by atoms with E-state index in [1.54, 1.807) is 13.2 Å². The van der Waals surface area contributed by atoms with Crippen molar-refractivity contribution in [2.45, 2.75) is 13.0 Å². The number of carbonyl (C=O) groups excluding carboxylic acids is 2. The quantitative estimate of drug-likeness (QED) is 0.182. The summed E-state index contributed by atoms with van der Waals surface area (Å²) >= 11 is 0. The van der Waals surface area contributed by atoms with Crippen LogP contribution in [0, 0.1) is 0 Å². The molecule has 7 nitrogen and oxygen atoms in total. The van der Waals surface area contributed by atoms with E-state index in [1.807, 2.05) is 122 Å². The van der Waals surface area contributed by atoms with E-state index < -0.39 is 0 Å². The number of nitrogens with one attached hydrogen (secondary N) is 2. The number of piperazine rings is 1. The summed E-state index contributed by atoms with van der Waals surface area (Å²) in [6, 6.07) is 40.9. The molecule has 2 N–H and O–H groups in total. The van der Waals surface area contributed by atoms with E-state index in [-0.39, 0.29) is 17.9 Å². The van der Waals surface area contributed by atoms with Gasteiger partial charge in [0.15, 0.2) is 0 Å². The number of anilines is 3. The normalized spacial score (nSPS) is 13.5. The number of hydrogen-bond acceptors (Lipinski definition) is 5. The Morgan fingerprint density at radius 3 is 1.91 bits per heavy atom. The zero-order chi connectivity index (χ0) is 31.9. The lowest BCUT2D eigenvalue weighted by Crippen LogP contribution is -2.47. The van der Waals surface area contributed by atoms with Crippen molar-refractivity contribution >= 4 is 28.9 Å². The van der Waals surface area contributed by atoms with Gasteiger partial charge >= 0.3 is 0 Å². The van der Waals surface area contributed by atoms with E-state index in [0.29, 0.717) is 16.8 Å². The number of rotatable bonds is 9. The van der Waals surface area contributed by atoms with Gasteiger partial charge in [0.2, 0.25) is 0 Å². The first-order chi connectivity index (χ1) is 22.5. The van der Waals surface area contributed by atoms with Crippen LogP contribution >= 0.6 is 0 Å². The van der Waals surface area contributed by atoms with Gasteiger partial charge in [0, 0.05) is 43.1 Å². The third-order valence-corrected chi connectivity index (χ3v) is 8.45. The third-order valence-electron chi connectivity index (χ3n) is 8.45. The molecule has 1 atom stereocenters. The fraction of sp³-hybridized carbons (Fsp3) is 0.179. The molecule has 6 rings (SSSR count). The number of benzene rings is 5. The third kappa shape index (κ3) is 6.89. The van der Waals surface area contributed by atoms with E-state index in [4.69, 9.17) is 4.74 Å². The lowest BCUT2D eigenvalue weighted by molar-refractivity contribution is 0.0939. The average molecular weight is 611 g/mol. The van der Waals surface area contributed by atoms with E-state index in [9.17, 15) is 9.59 Å². The molecule has 232 valence electrons. The van der Waals surface area contributed by atoms with Gasteiger partial charge in [-0.25, -0.2) is 0 Å². The molecule has 0 bridgehead atoms. The highest BCUT2D eigenvalue weighted by Gasteiger charge is 2.25. The molecule has 1 fully saturated rings. The Hall–Kier alpha value is -5.56. The van der Waals surface area contributed by atoms with Crippen LogP contribution in [-0.4, -0.2) is 45.1 Å². The van der Waals surface area contributed by atoms with Crippen molar-refractivity contribution in [3.63, 3.8) is 0 Å². The second kappa shape index (κ2) is 14.0. The van der Waals surface area contributed by atoms with Crippen LogP contribution < -0.4 is 25.2 Å². The number of ether oxygens (including phenoxy) is 1. The molecule has 46 heavy (non-hydrogen) atoms. The zero-order valence-electron chi connectivity index (χ0n) is 26.1. The molecule has 1 unspecified atom stereocenters. The van der Waals surface area contributed by atoms with Gasteiger partial charge in [-0.1, -0.05) is 84.9 Å². The highest BCUT2D eigenvalue weighted by atomic mass is 16.5. The van der Waals surface area contributed by atoms with Crippen LogP contribution in [0.3, 0.4) is 0 Å². The van der Waals surface area contributed by atoms with E-state index in [0.717, 1.165) is 60.0 Å². The van der Waals surface area contributed by atoms with Crippen LogP contribution in [0.5, 0.6) is 5.75 Å². The molecule has 1 saturated heterocycles. The summed E-state index contributed by atoms with van der Waals surface area (Å²) in [5, 5.41) is 6.18. The lowest BCUT2D eigenvalue weighted by Gasteiger charge is -2.38. The van der Waals surface area contributed by atoms with Gasteiger partial charge in [0.1, 0.15) is 5.75 Å². The Kier molecular flexibility index (Phi) is 9.29. The van der Waals surface area contributed by atoms with E-state index >= 15 is 0 Å². The summed E-state index contributed by atoms with van der Waals surface area (Å²) in [7, 11) is 1.69. The van der Waals surface area contributed by atoms with Crippen molar-refractivity contribution < 1.29 is 14.3 Å². The van der Waals surface area contributed by atoms with Crippen molar-refractivity contribution in [3.05, 3.63) is 144 Å². The fourth-order valence-corrected chi connectivity index (χ4v) is 5.90. The zero-order valence-corrected chi connectivity index (χ0v) is 26.1. The summed E-state index contributed by atoms with van der Waals surface area (Å²) < 4.78 is 5.59. The first-order valence-corrected chi connectivity index (χ1v) is 15.6. The van der Waals surface area contributed by atoms with Crippen molar-refractivity contribution in [2.24, 2.45) is 0 Å². The SMILES string of the molecule is COc1ccccc1N1CCN(c2ccc(NC(=O)c3ccc(-c4ccccc4)cc3)cc2C(=O)NC(C)c2ccccc2)CC1. The highest BCUT2D eigenvalue weighted by molar-refractivity contribution is 6.06. The smallest absolute Gasteiger partial charge is 0.255 e. The van der Waals surface area contributed by atoms with Gasteiger partial charge in [0.25, 0.3) is 11.8 Å². The molecule has 2 amide bonds. The molecule has 1 aliphatic rings. The first-order valence-electron chi connectivity index (χ1n) is 15.6. The maximum absolute atomic E-state index is 13.9. The predicted octanol–water partition coefficient (Wildman–Crippen LogP) is 7.43. The number of methoxy groups -OCH3 is 1. The molecule has 0 radical (unpaired) electrons. The topological polar surface area (TPSA) is 73.9 Å². The number of carbonyl (C=O) groups is 2. The van der Waals surface area contributed by atoms with Crippen LogP contribution in [0.1, 0.15) is 39.2 Å². The molecule has 0 spiro atoms. The lowest BCUT2D eigenvalue weighted by atomic mass is 10.0. The van der Waals surface area contributed by atoms with Gasteiger partial charge in [-0.15, -0.1) is 0 Å². The maximum Gasteiger partial charge on any atom is 0.255 e. The second-order valence-corrected chi connectivity index (χ2v) is 11.4. The number of nitrogens with zero attached hydrogens (tertiary/aromatic N) is 2. The van der Waals surface area contributed by atoms with Crippen LogP contribution in [0.4, 0.5) is 17.1 Å². The molecule has 1 heterocycles. The molecule has 0 aliphatic carbocycles. The Morgan fingerprint density at radius 2 is 1.24 bits per heavy atom. The van der Waals surface area contributed by atoms with Gasteiger partial charge in [-0.05, 0) is 66.1 Å². The van der Waals surface area contributed by atoms with Crippen molar-refractivity contribution in [1.29, 1.82) is 0 Å². The van der Waals surface area contributed by atoms with Crippen LogP contribution in [0.2, 0.25) is 0 Å². The minimum absolute atomic E-state index is 0.190. The van der Waals surface area contributed by atoms with Crippen molar-refractivity contribution in [1.82, 2.24) is 5.32 Å². The average Bonchev–Trinajstić information content (AvgIpc) is 3.12. The van der Waals surface area contributed by atoms with Crippen LogP contribution in [-0.2, 0) is 0 Å². The predicted molar refractivity (Wildman–Crippen MR) is 186 cm³/mol. The maximum atomic E-state index is 13.9. The summed E-state index contributed by atoms with van der Waals surface area (Å²) in [4.78, 5) is 31.7. The summed E-state index contributed by atoms with van der Waals surface area (Å²) in [5.41, 5.74) is 6.67. The van der Waals surface area contributed by atoms with Gasteiger partial charge in [-0.2, -0.15) is 0 Å². The largest absolute Gasteiger partial charge is 0.495 e. The van der Waals surface area contributed by atoms with Crippen LogP contribution in [0.15, 0.2) is 127 Å². The van der Waals surface area contributed by atoms with Crippen molar-refractivity contribution in [2.75, 3.05) is 48.4 Å². The molecule has 5 aromatic carbocycles. The summed E-state index contributed by atoms with van der Waals surface area (Å²) in [6.45, 7) is 4.99. The number of para-hydroxylation sites is 2. The Balaban J connectivity index is 1.22. The Bertz CT molecular complexity index is 1780. The monoisotopic (exact) mass is 610 g/mol. The van der Waals surface area contributed by atoms with Gasteiger partial charge in [0.05, 0.1) is 24.4 Å². The highest BCUT2D eigenvalue weighted by Crippen LogP contribution is 2.31. The van der Waals surface area contributed by atoms with Crippen molar-refractivity contribution in [3.8, 4) is 16.9 Å². The fourth-order valence-electron chi connectivity index (χ4n) is 5.90. The number of amides is 2. The molecule has 0 aromatic heterocycles. The number of hydrogen-bond donors (Lipinski definition) is 2. The molecule has 7 heteroatoms.